The quantitative estimate of drug-likeness (QED) is 0.905. The smallest absolute Gasteiger partial charge is 0.303 e. The molecule has 1 atom stereocenters. The van der Waals surface area contributed by atoms with Crippen LogP contribution < -0.4 is 0 Å². The maximum atomic E-state index is 10.6. The highest BCUT2D eigenvalue weighted by Gasteiger charge is 2.21. The first kappa shape index (κ1) is 13.8. The summed E-state index contributed by atoms with van der Waals surface area (Å²) in [6.45, 7) is 2.88. The molecule has 1 unspecified atom stereocenters. The number of carboxylic acids is 1. The zero-order valence-corrected chi connectivity index (χ0v) is 11.7. The topological polar surface area (TPSA) is 53.4 Å². The summed E-state index contributed by atoms with van der Waals surface area (Å²) in [5, 5.41) is 9.75. The van der Waals surface area contributed by atoms with Gasteiger partial charge in [-0.1, -0.05) is 11.6 Å². The Morgan fingerprint density at radius 1 is 1.67 bits per heavy atom. The van der Waals surface area contributed by atoms with Crippen molar-refractivity contribution in [2.24, 2.45) is 5.92 Å². The van der Waals surface area contributed by atoms with Crippen LogP contribution in [0.4, 0.5) is 0 Å². The average molecular weight is 289 g/mol. The number of likely N-dealkylation sites (tertiary alicyclic amines) is 1. The van der Waals surface area contributed by atoms with Crippen molar-refractivity contribution in [3.8, 4) is 0 Å². The lowest BCUT2D eigenvalue weighted by atomic mass is 9.93. The number of hydrogen-bond donors (Lipinski definition) is 1. The van der Waals surface area contributed by atoms with Crippen molar-refractivity contribution in [1.82, 2.24) is 9.88 Å². The van der Waals surface area contributed by atoms with Crippen molar-refractivity contribution in [3.05, 3.63) is 15.5 Å². The monoisotopic (exact) mass is 288 g/mol. The fourth-order valence-electron chi connectivity index (χ4n) is 2.41. The van der Waals surface area contributed by atoms with Crippen LogP contribution in [0.1, 0.15) is 30.7 Å². The van der Waals surface area contributed by atoms with Gasteiger partial charge in [0.2, 0.25) is 0 Å². The number of hydrogen-bond acceptors (Lipinski definition) is 4. The first-order chi connectivity index (χ1) is 8.63. The predicted octanol–water partition coefficient (Wildman–Crippen LogP) is 2.87. The molecule has 1 aliphatic heterocycles. The van der Waals surface area contributed by atoms with Crippen molar-refractivity contribution < 1.29 is 9.90 Å². The van der Waals surface area contributed by atoms with Crippen molar-refractivity contribution in [3.63, 3.8) is 0 Å². The lowest BCUT2D eigenvalue weighted by Crippen LogP contribution is -2.35. The molecule has 0 saturated carbocycles. The number of halogens is 1. The number of aromatic nitrogens is 1. The zero-order chi connectivity index (χ0) is 13.0. The molecule has 0 aliphatic carbocycles. The van der Waals surface area contributed by atoms with Crippen LogP contribution in [0.2, 0.25) is 4.34 Å². The molecule has 100 valence electrons. The van der Waals surface area contributed by atoms with Crippen LogP contribution >= 0.6 is 22.9 Å². The predicted molar refractivity (Wildman–Crippen MR) is 72.0 cm³/mol. The Labute approximate surface area is 116 Å². The van der Waals surface area contributed by atoms with Crippen LogP contribution in [-0.4, -0.2) is 34.0 Å². The summed E-state index contributed by atoms with van der Waals surface area (Å²) in [7, 11) is 0. The Kier molecular flexibility index (Phi) is 4.97. The molecule has 0 bridgehead atoms. The van der Waals surface area contributed by atoms with E-state index in [0.29, 0.717) is 5.92 Å². The molecule has 0 spiro atoms. The summed E-state index contributed by atoms with van der Waals surface area (Å²) in [6, 6.07) is 0. The number of rotatable bonds is 5. The van der Waals surface area contributed by atoms with Crippen LogP contribution in [0.15, 0.2) is 6.20 Å². The van der Waals surface area contributed by atoms with Crippen molar-refractivity contribution >= 4 is 28.9 Å². The largest absolute Gasteiger partial charge is 0.481 e. The normalized spacial score (nSPS) is 21.1. The van der Waals surface area contributed by atoms with Gasteiger partial charge in [0.15, 0.2) is 0 Å². The van der Waals surface area contributed by atoms with Crippen molar-refractivity contribution in [2.75, 3.05) is 13.1 Å². The number of aliphatic carboxylic acids is 1. The maximum Gasteiger partial charge on any atom is 0.303 e. The van der Waals surface area contributed by atoms with Gasteiger partial charge in [-0.05, 0) is 31.7 Å². The minimum Gasteiger partial charge on any atom is -0.481 e. The molecule has 0 aromatic carbocycles. The molecule has 1 aromatic heterocycles. The molecule has 1 fully saturated rings. The van der Waals surface area contributed by atoms with Gasteiger partial charge < -0.3 is 5.11 Å². The molecule has 0 amide bonds. The van der Waals surface area contributed by atoms with Gasteiger partial charge >= 0.3 is 5.97 Å². The molecule has 2 heterocycles. The van der Waals surface area contributed by atoms with E-state index in [1.807, 2.05) is 0 Å². The number of carboxylic acid groups (broad SMARTS) is 1. The van der Waals surface area contributed by atoms with E-state index in [2.05, 4.69) is 9.88 Å². The summed E-state index contributed by atoms with van der Waals surface area (Å²) in [5.74, 6) is -0.191. The Balaban J connectivity index is 1.81. The molecule has 18 heavy (non-hydrogen) atoms. The fraction of sp³-hybridized carbons (Fsp3) is 0.667. The van der Waals surface area contributed by atoms with E-state index >= 15 is 0 Å². The molecule has 1 saturated heterocycles. The lowest BCUT2D eigenvalue weighted by Gasteiger charge is -2.31. The van der Waals surface area contributed by atoms with Gasteiger partial charge in [-0.25, -0.2) is 4.98 Å². The first-order valence-electron chi connectivity index (χ1n) is 6.18. The van der Waals surface area contributed by atoms with Crippen molar-refractivity contribution in [1.29, 1.82) is 0 Å². The Hall–Kier alpha value is -0.650. The second-order valence-electron chi connectivity index (χ2n) is 4.73. The third-order valence-electron chi connectivity index (χ3n) is 3.25. The molecular weight excluding hydrogens is 272 g/mol. The van der Waals surface area contributed by atoms with Crippen molar-refractivity contribution in [2.45, 2.75) is 32.2 Å². The highest BCUT2D eigenvalue weighted by Crippen LogP contribution is 2.24. The molecule has 0 radical (unpaired) electrons. The summed E-state index contributed by atoms with van der Waals surface area (Å²) >= 11 is 7.38. The molecule has 4 nitrogen and oxygen atoms in total. The van der Waals surface area contributed by atoms with Gasteiger partial charge in [0, 0.05) is 13.0 Å². The number of thiazole rings is 1. The summed E-state index contributed by atoms with van der Waals surface area (Å²) < 4.78 is 0.726. The summed E-state index contributed by atoms with van der Waals surface area (Å²) in [5.41, 5.74) is 0. The van der Waals surface area contributed by atoms with E-state index in [4.69, 9.17) is 16.7 Å². The van der Waals surface area contributed by atoms with E-state index in [0.717, 1.165) is 48.2 Å². The molecule has 1 N–H and O–H groups in total. The Morgan fingerprint density at radius 3 is 3.17 bits per heavy atom. The lowest BCUT2D eigenvalue weighted by molar-refractivity contribution is -0.137. The van der Waals surface area contributed by atoms with Crippen LogP contribution in [0.25, 0.3) is 0 Å². The third kappa shape index (κ3) is 4.23. The van der Waals surface area contributed by atoms with Gasteiger partial charge in [0.1, 0.15) is 9.34 Å². The van der Waals surface area contributed by atoms with Gasteiger partial charge in [-0.15, -0.1) is 11.3 Å². The van der Waals surface area contributed by atoms with Gasteiger partial charge in [0.05, 0.1) is 12.7 Å². The summed E-state index contributed by atoms with van der Waals surface area (Å²) in [6.07, 6.45) is 5.03. The molecule has 6 heteroatoms. The van der Waals surface area contributed by atoms with Crippen LogP contribution in [0, 0.1) is 5.92 Å². The molecule has 2 rings (SSSR count). The van der Waals surface area contributed by atoms with Crippen LogP contribution in [-0.2, 0) is 11.3 Å². The second-order valence-corrected chi connectivity index (χ2v) is 6.48. The Bertz CT molecular complexity index is 411. The number of nitrogens with zero attached hydrogens (tertiary/aromatic N) is 2. The number of carbonyl (C=O) groups is 1. The van der Waals surface area contributed by atoms with E-state index in [1.54, 1.807) is 6.20 Å². The van der Waals surface area contributed by atoms with E-state index in [-0.39, 0.29) is 6.42 Å². The van der Waals surface area contributed by atoms with Gasteiger partial charge in [-0.3, -0.25) is 9.69 Å². The highest BCUT2D eigenvalue weighted by molar-refractivity contribution is 7.15. The number of piperidine rings is 1. The fourth-order valence-corrected chi connectivity index (χ4v) is 3.41. The molecule has 1 aliphatic rings. The van der Waals surface area contributed by atoms with Gasteiger partial charge in [-0.2, -0.15) is 0 Å². The second kappa shape index (κ2) is 6.50. The summed E-state index contributed by atoms with van der Waals surface area (Å²) in [4.78, 5) is 17.2. The first-order valence-corrected chi connectivity index (χ1v) is 7.37. The van der Waals surface area contributed by atoms with Crippen LogP contribution in [0.3, 0.4) is 0 Å². The zero-order valence-electron chi connectivity index (χ0n) is 10.1. The molecule has 1 aromatic rings. The SMILES string of the molecule is O=C(O)CCC1CCCN(Cc2ncc(Cl)s2)C1. The third-order valence-corrected chi connectivity index (χ3v) is 4.35. The standard InChI is InChI=1S/C12H17ClN2O2S/c13-10-6-14-11(18-10)8-15-5-1-2-9(7-15)3-4-12(16)17/h6,9H,1-5,7-8H2,(H,16,17). The average Bonchev–Trinajstić information content (AvgIpc) is 2.73. The minimum absolute atomic E-state index is 0.279. The minimum atomic E-state index is -0.696. The maximum absolute atomic E-state index is 10.6. The molecular formula is C12H17ClN2O2S. The van der Waals surface area contributed by atoms with E-state index in [9.17, 15) is 4.79 Å². The van der Waals surface area contributed by atoms with Gasteiger partial charge in [0.25, 0.3) is 0 Å². The highest BCUT2D eigenvalue weighted by atomic mass is 35.5. The van der Waals surface area contributed by atoms with Crippen LogP contribution in [0.5, 0.6) is 0 Å². The van der Waals surface area contributed by atoms with E-state index in [1.165, 1.54) is 11.3 Å². The Morgan fingerprint density at radius 2 is 2.50 bits per heavy atom. The van der Waals surface area contributed by atoms with E-state index < -0.39 is 5.97 Å².